The Morgan fingerprint density at radius 3 is 2.68 bits per heavy atom. The van der Waals surface area contributed by atoms with Crippen molar-refractivity contribution in [1.82, 2.24) is 5.32 Å². The first kappa shape index (κ1) is 13.8. The van der Waals surface area contributed by atoms with E-state index in [4.69, 9.17) is 9.47 Å². The summed E-state index contributed by atoms with van der Waals surface area (Å²) in [6, 6.07) is 0.674. The zero-order valence-corrected chi connectivity index (χ0v) is 12.2. The molecule has 2 heterocycles. The average Bonchev–Trinajstić information content (AvgIpc) is 2.93. The van der Waals surface area contributed by atoms with Gasteiger partial charge in [-0.05, 0) is 51.5 Å². The minimum absolute atomic E-state index is 0.234. The Kier molecular flexibility index (Phi) is 4.78. The summed E-state index contributed by atoms with van der Waals surface area (Å²) < 4.78 is 11.8. The molecule has 3 rings (SSSR count). The normalized spacial score (nSPS) is 34.7. The van der Waals surface area contributed by atoms with E-state index in [2.05, 4.69) is 5.32 Å². The summed E-state index contributed by atoms with van der Waals surface area (Å²) in [7, 11) is 0. The van der Waals surface area contributed by atoms with Crippen molar-refractivity contribution < 1.29 is 9.47 Å². The molecule has 0 radical (unpaired) electrons. The third-order valence-corrected chi connectivity index (χ3v) is 5.18. The molecule has 2 unspecified atom stereocenters. The Bertz CT molecular complexity index is 264. The van der Waals surface area contributed by atoms with Gasteiger partial charge in [0.05, 0.1) is 11.7 Å². The van der Waals surface area contributed by atoms with E-state index in [0.29, 0.717) is 12.1 Å². The summed E-state index contributed by atoms with van der Waals surface area (Å²) in [6.45, 7) is 3.05. The molecule has 0 aromatic rings. The number of hydrogen-bond acceptors (Lipinski definition) is 3. The molecule has 0 amide bonds. The SMILES string of the molecule is C1CCC2(CC1)CC(NCCC1CCCO1)CCO2. The maximum absolute atomic E-state index is 6.15. The predicted octanol–water partition coefficient (Wildman–Crippen LogP) is 3.03. The second kappa shape index (κ2) is 6.55. The molecule has 2 saturated heterocycles. The molecule has 3 aliphatic rings. The summed E-state index contributed by atoms with van der Waals surface area (Å²) in [6.07, 6.45) is 13.4. The van der Waals surface area contributed by atoms with Gasteiger partial charge in [-0.3, -0.25) is 0 Å². The Morgan fingerprint density at radius 2 is 1.89 bits per heavy atom. The van der Waals surface area contributed by atoms with Gasteiger partial charge in [-0.2, -0.15) is 0 Å². The Morgan fingerprint density at radius 1 is 1.00 bits per heavy atom. The first-order chi connectivity index (χ1) is 9.36. The minimum Gasteiger partial charge on any atom is -0.378 e. The smallest absolute Gasteiger partial charge is 0.0697 e. The van der Waals surface area contributed by atoms with Crippen molar-refractivity contribution in [1.29, 1.82) is 0 Å². The summed E-state index contributed by atoms with van der Waals surface area (Å²) in [5.41, 5.74) is 0.234. The molecule has 0 bridgehead atoms. The quantitative estimate of drug-likeness (QED) is 0.849. The van der Waals surface area contributed by atoms with Gasteiger partial charge in [0.2, 0.25) is 0 Å². The molecular formula is C16H29NO2. The lowest BCUT2D eigenvalue weighted by Crippen LogP contribution is -2.48. The molecule has 3 heteroatoms. The van der Waals surface area contributed by atoms with Gasteiger partial charge in [0, 0.05) is 19.3 Å². The highest BCUT2D eigenvalue weighted by Gasteiger charge is 2.38. The molecule has 2 aliphatic heterocycles. The highest BCUT2D eigenvalue weighted by Crippen LogP contribution is 2.38. The van der Waals surface area contributed by atoms with E-state index < -0.39 is 0 Å². The first-order valence-corrected chi connectivity index (χ1v) is 8.35. The zero-order valence-electron chi connectivity index (χ0n) is 12.2. The molecule has 1 spiro atoms. The standard InChI is InChI=1S/C16H29NO2/c1-2-8-16(9-3-1)13-14(7-12-19-16)17-10-6-15-5-4-11-18-15/h14-15,17H,1-13H2. The van der Waals surface area contributed by atoms with Gasteiger partial charge in [0.15, 0.2) is 0 Å². The van der Waals surface area contributed by atoms with Crippen LogP contribution in [-0.2, 0) is 9.47 Å². The lowest BCUT2D eigenvalue weighted by Gasteiger charge is -2.43. The van der Waals surface area contributed by atoms with E-state index in [1.54, 1.807) is 0 Å². The maximum Gasteiger partial charge on any atom is 0.0697 e. The first-order valence-electron chi connectivity index (χ1n) is 8.35. The van der Waals surface area contributed by atoms with Crippen LogP contribution in [0.15, 0.2) is 0 Å². The zero-order chi connectivity index (χ0) is 13.0. The second-order valence-corrected chi connectivity index (χ2v) is 6.66. The van der Waals surface area contributed by atoms with Gasteiger partial charge in [0.25, 0.3) is 0 Å². The monoisotopic (exact) mass is 267 g/mol. The Labute approximate surface area is 117 Å². The lowest BCUT2D eigenvalue weighted by atomic mass is 9.78. The van der Waals surface area contributed by atoms with Crippen molar-refractivity contribution in [3.63, 3.8) is 0 Å². The molecule has 110 valence electrons. The van der Waals surface area contributed by atoms with E-state index in [9.17, 15) is 0 Å². The van der Waals surface area contributed by atoms with Crippen LogP contribution in [0.5, 0.6) is 0 Å². The van der Waals surface area contributed by atoms with Crippen molar-refractivity contribution in [2.45, 2.75) is 82.0 Å². The van der Waals surface area contributed by atoms with Gasteiger partial charge >= 0.3 is 0 Å². The third kappa shape index (κ3) is 3.71. The number of ether oxygens (including phenoxy) is 2. The fourth-order valence-corrected chi connectivity index (χ4v) is 4.07. The molecule has 1 aliphatic carbocycles. The molecular weight excluding hydrogens is 238 g/mol. The molecule has 2 atom stereocenters. The van der Waals surface area contributed by atoms with Crippen molar-refractivity contribution in [3.05, 3.63) is 0 Å². The topological polar surface area (TPSA) is 30.5 Å². The highest BCUT2D eigenvalue weighted by atomic mass is 16.5. The highest BCUT2D eigenvalue weighted by molar-refractivity contribution is 4.92. The van der Waals surface area contributed by atoms with Crippen LogP contribution in [-0.4, -0.2) is 37.5 Å². The predicted molar refractivity (Wildman–Crippen MR) is 76.4 cm³/mol. The molecule has 19 heavy (non-hydrogen) atoms. The van der Waals surface area contributed by atoms with Crippen molar-refractivity contribution in [2.75, 3.05) is 19.8 Å². The number of nitrogens with one attached hydrogen (secondary N) is 1. The van der Waals surface area contributed by atoms with Crippen LogP contribution in [0.4, 0.5) is 0 Å². The average molecular weight is 267 g/mol. The Balaban J connectivity index is 1.40. The van der Waals surface area contributed by atoms with Gasteiger partial charge < -0.3 is 14.8 Å². The summed E-state index contributed by atoms with van der Waals surface area (Å²) in [5.74, 6) is 0. The van der Waals surface area contributed by atoms with E-state index in [1.807, 2.05) is 0 Å². The fraction of sp³-hybridized carbons (Fsp3) is 1.00. The minimum atomic E-state index is 0.234. The van der Waals surface area contributed by atoms with Crippen LogP contribution in [0.3, 0.4) is 0 Å². The number of rotatable bonds is 4. The van der Waals surface area contributed by atoms with Crippen LogP contribution in [0, 0.1) is 0 Å². The molecule has 1 saturated carbocycles. The van der Waals surface area contributed by atoms with Gasteiger partial charge in [-0.25, -0.2) is 0 Å². The van der Waals surface area contributed by atoms with E-state index in [1.165, 1.54) is 64.2 Å². The third-order valence-electron chi connectivity index (χ3n) is 5.18. The van der Waals surface area contributed by atoms with Crippen LogP contribution in [0.25, 0.3) is 0 Å². The van der Waals surface area contributed by atoms with Gasteiger partial charge in [-0.15, -0.1) is 0 Å². The second-order valence-electron chi connectivity index (χ2n) is 6.66. The van der Waals surface area contributed by atoms with Crippen LogP contribution >= 0.6 is 0 Å². The lowest BCUT2D eigenvalue weighted by molar-refractivity contribution is -0.109. The number of hydrogen-bond donors (Lipinski definition) is 1. The summed E-state index contributed by atoms with van der Waals surface area (Å²) >= 11 is 0. The summed E-state index contributed by atoms with van der Waals surface area (Å²) in [4.78, 5) is 0. The van der Waals surface area contributed by atoms with Crippen molar-refractivity contribution in [2.24, 2.45) is 0 Å². The fourth-order valence-electron chi connectivity index (χ4n) is 4.07. The van der Waals surface area contributed by atoms with Crippen molar-refractivity contribution in [3.8, 4) is 0 Å². The van der Waals surface area contributed by atoms with Crippen LogP contribution < -0.4 is 5.32 Å². The van der Waals surface area contributed by atoms with Crippen LogP contribution in [0.2, 0.25) is 0 Å². The molecule has 1 N–H and O–H groups in total. The molecule has 3 fully saturated rings. The summed E-state index contributed by atoms with van der Waals surface area (Å²) in [5, 5.41) is 3.76. The Hall–Kier alpha value is -0.120. The van der Waals surface area contributed by atoms with Gasteiger partial charge in [-0.1, -0.05) is 19.3 Å². The largest absolute Gasteiger partial charge is 0.378 e. The van der Waals surface area contributed by atoms with Crippen LogP contribution in [0.1, 0.15) is 64.2 Å². The van der Waals surface area contributed by atoms with Gasteiger partial charge in [0.1, 0.15) is 0 Å². The molecule has 0 aromatic carbocycles. The van der Waals surface area contributed by atoms with E-state index in [-0.39, 0.29) is 5.60 Å². The maximum atomic E-state index is 6.15. The molecule has 0 aromatic heterocycles. The van der Waals surface area contributed by atoms with Crippen molar-refractivity contribution >= 4 is 0 Å². The van der Waals surface area contributed by atoms with E-state index in [0.717, 1.165) is 19.8 Å². The molecule has 3 nitrogen and oxygen atoms in total. The van der Waals surface area contributed by atoms with E-state index >= 15 is 0 Å².